The fourth-order valence-electron chi connectivity index (χ4n) is 0.288. The Morgan fingerprint density at radius 2 is 1.11 bits per heavy atom. The Morgan fingerprint density at radius 3 is 1.28 bits per heavy atom. The van der Waals surface area contributed by atoms with Gasteiger partial charge in [-0.15, -0.1) is 0 Å². The molecule has 0 amide bonds. The zero-order chi connectivity index (χ0) is 10.9. The molecule has 0 aromatic heterocycles. The predicted octanol–water partition coefficient (Wildman–Crippen LogP) is -9.86. The van der Waals surface area contributed by atoms with Crippen molar-refractivity contribution in [1.29, 1.82) is 0 Å². The topological polar surface area (TPSA) is 37.3 Å². The Balaban J connectivity index is -0.0000000720. The number of hydrogen-bond acceptors (Lipinski definition) is 2. The summed E-state index contributed by atoms with van der Waals surface area (Å²) in [4.78, 5) is 9.86. The minimum atomic E-state index is -5.42. The van der Waals surface area contributed by atoms with Crippen LogP contribution < -0.4 is 49.6 Å². The Labute approximate surface area is 138 Å². The van der Waals surface area contributed by atoms with E-state index in [-0.39, 0.29) is 72.0 Å². The Kier molecular flexibility index (Phi) is 25.6. The molecule has 0 heterocycles. The Bertz CT molecular complexity index is 253. The number of aliphatic hydroxyl groups excluding tert-OH is 1. The van der Waals surface area contributed by atoms with Crippen LogP contribution in [-0.4, -0.2) is 23.2 Å². The summed E-state index contributed by atoms with van der Waals surface area (Å²) >= 11 is 0. The summed E-state index contributed by atoms with van der Waals surface area (Å²) in [5, 5.41) is 7.93. The molecule has 0 atom stereocenters. The molecule has 0 aromatic rings. The molecule has 0 spiro atoms. The number of carbonyl (C=O) groups is 1. The molecule has 1 N–H and O–H groups in total. The van der Waals surface area contributed by atoms with Crippen molar-refractivity contribution in [2.24, 2.45) is 0 Å². The summed E-state index contributed by atoms with van der Waals surface area (Å²) in [6, 6.07) is 0. The van der Waals surface area contributed by atoms with Crippen LogP contribution in [0.3, 0.4) is 0 Å². The maximum Gasteiger partial charge on any atom is 0.454 e. The third kappa shape index (κ3) is 14.8. The molecule has 2 nitrogen and oxygen atoms in total. The molecule has 0 unspecified atom stereocenters. The van der Waals surface area contributed by atoms with Gasteiger partial charge in [0.05, 0.1) is 0 Å². The summed E-state index contributed by atoms with van der Waals surface area (Å²) in [5.41, 5.74) is 0. The molecule has 0 aliphatic heterocycles. The van der Waals surface area contributed by atoms with Gasteiger partial charge in [0, 0.05) is 28.5 Å². The van der Waals surface area contributed by atoms with Crippen LogP contribution in [-0.2, 0) is 27.2 Å². The zero-order valence-electron chi connectivity index (χ0n) is 7.66. The van der Waals surface area contributed by atoms with Gasteiger partial charge in [0.2, 0.25) is 5.76 Å². The first-order chi connectivity index (χ1) is 5.55. The van der Waals surface area contributed by atoms with Crippen LogP contribution in [0.25, 0.3) is 0 Å². The van der Waals surface area contributed by atoms with Gasteiger partial charge in [-0.25, -0.2) is 0 Å². The van der Waals surface area contributed by atoms with E-state index in [2.05, 4.69) is 0 Å². The van der Waals surface area contributed by atoms with Crippen LogP contribution in [0.1, 0.15) is 0 Å². The van der Waals surface area contributed by atoms with E-state index in [0.717, 1.165) is 0 Å². The van der Waals surface area contributed by atoms with Crippen molar-refractivity contribution in [2.75, 3.05) is 0 Å². The van der Waals surface area contributed by atoms with Crippen LogP contribution >= 0.6 is 0 Å². The third-order valence-corrected chi connectivity index (χ3v) is 0.838. The standard InChI is InChI=1S/C5H2F6O2.4ClH.Nb/c6-4(7,8)2(12)1-3(13)5(9,10)11;;;;;/h1,12H;4*1H;/p-4/b2-1-;;;;;. The van der Waals surface area contributed by atoms with Gasteiger partial charge in [-0.1, -0.05) is 0 Å². The third-order valence-electron chi connectivity index (χ3n) is 0.838. The second-order valence-electron chi connectivity index (χ2n) is 1.89. The Morgan fingerprint density at radius 1 is 0.833 bits per heavy atom. The van der Waals surface area contributed by atoms with Crippen molar-refractivity contribution >= 4 is 5.78 Å². The van der Waals surface area contributed by atoms with E-state index in [9.17, 15) is 31.1 Å². The van der Waals surface area contributed by atoms with Gasteiger partial charge in [-0.2, -0.15) is 26.3 Å². The van der Waals surface area contributed by atoms with Gasteiger partial charge in [0.15, 0.2) is 0 Å². The molecule has 18 heavy (non-hydrogen) atoms. The van der Waals surface area contributed by atoms with Crippen molar-refractivity contribution in [3.05, 3.63) is 11.8 Å². The largest absolute Gasteiger partial charge is 1.00 e. The fourth-order valence-corrected chi connectivity index (χ4v) is 0.288. The maximum absolute atomic E-state index is 11.4. The van der Waals surface area contributed by atoms with Crippen molar-refractivity contribution in [2.45, 2.75) is 12.4 Å². The summed E-state index contributed by atoms with van der Waals surface area (Å²) < 4.78 is 68.1. The zero-order valence-corrected chi connectivity index (χ0v) is 12.9. The number of alkyl halides is 6. The minimum absolute atomic E-state index is 0. The summed E-state index contributed by atoms with van der Waals surface area (Å²) in [5.74, 6) is -5.34. The van der Waals surface area contributed by atoms with Gasteiger partial charge >= 0.3 is 12.4 Å². The monoisotopic (exact) mass is 441 g/mol. The van der Waals surface area contributed by atoms with Gasteiger partial charge in [-0.3, -0.25) is 4.79 Å². The van der Waals surface area contributed by atoms with Gasteiger partial charge < -0.3 is 54.7 Å². The van der Waals surface area contributed by atoms with E-state index in [1.54, 1.807) is 0 Å². The SMILES string of the molecule is O=C(/C=C(\O)C(F)(F)F)C(F)(F)F.[Cl-].[Cl-].[Cl-].[Cl-].[Nb]. The molecule has 0 saturated carbocycles. The predicted molar refractivity (Wildman–Crippen MR) is 27.8 cm³/mol. The van der Waals surface area contributed by atoms with Crippen molar-refractivity contribution in [3.8, 4) is 0 Å². The normalized spacial score (nSPS) is 10.4. The first-order valence-corrected chi connectivity index (χ1v) is 2.64. The molecule has 0 aliphatic rings. The first-order valence-electron chi connectivity index (χ1n) is 2.64. The second kappa shape index (κ2) is 12.7. The number of allylic oxidation sites excluding steroid dienone is 2. The molecule has 0 rings (SSSR count). The Hall–Kier alpha value is 0.690. The first kappa shape index (κ1) is 36.3. The van der Waals surface area contributed by atoms with Gasteiger partial charge in [0.1, 0.15) is 0 Å². The molecule has 113 valence electrons. The number of carbonyl (C=O) groups excluding carboxylic acids is 1. The molecule has 0 bridgehead atoms. The average molecular weight is 443 g/mol. The summed E-state index contributed by atoms with van der Waals surface area (Å²) in [6.45, 7) is 0. The van der Waals surface area contributed by atoms with E-state index >= 15 is 0 Å². The van der Waals surface area contributed by atoms with Crippen molar-refractivity contribution in [1.82, 2.24) is 0 Å². The number of aliphatic hydroxyl groups is 1. The summed E-state index contributed by atoms with van der Waals surface area (Å²) in [6.07, 6.45) is -11.7. The minimum Gasteiger partial charge on any atom is -1.00 e. The molecule has 0 fully saturated rings. The quantitative estimate of drug-likeness (QED) is 0.190. The van der Waals surface area contributed by atoms with Crippen LogP contribution in [0.5, 0.6) is 0 Å². The number of rotatable bonds is 1. The van der Waals surface area contributed by atoms with Crippen molar-refractivity contribution in [3.63, 3.8) is 0 Å². The molecular weight excluding hydrogens is 441 g/mol. The van der Waals surface area contributed by atoms with E-state index in [1.165, 1.54) is 0 Å². The van der Waals surface area contributed by atoms with Crippen LogP contribution in [0.2, 0.25) is 0 Å². The fraction of sp³-hybridized carbons (Fsp3) is 0.400. The van der Waals surface area contributed by atoms with Gasteiger partial charge in [0.25, 0.3) is 5.78 Å². The molecular formula is C5H2Cl4F6NbO2-4. The number of halogens is 10. The van der Waals surface area contributed by atoms with E-state index in [1.807, 2.05) is 0 Å². The summed E-state index contributed by atoms with van der Waals surface area (Å²) in [7, 11) is 0. The smallest absolute Gasteiger partial charge is 0.454 e. The molecule has 0 saturated heterocycles. The van der Waals surface area contributed by atoms with Crippen LogP contribution in [0, 0.1) is 0 Å². The molecule has 0 aliphatic carbocycles. The number of ketones is 1. The van der Waals surface area contributed by atoms with Crippen LogP contribution in [0.4, 0.5) is 26.3 Å². The van der Waals surface area contributed by atoms with E-state index < -0.39 is 30.0 Å². The number of hydrogen-bond donors (Lipinski definition) is 1. The molecule has 1 radical (unpaired) electrons. The van der Waals surface area contributed by atoms with Gasteiger partial charge in [-0.05, 0) is 0 Å². The van der Waals surface area contributed by atoms with E-state index in [0.29, 0.717) is 0 Å². The maximum atomic E-state index is 11.4. The van der Waals surface area contributed by atoms with Crippen LogP contribution in [0.15, 0.2) is 11.8 Å². The molecule has 13 heteroatoms. The van der Waals surface area contributed by atoms with E-state index in [4.69, 9.17) is 5.11 Å². The molecule has 0 aromatic carbocycles. The van der Waals surface area contributed by atoms with Crippen molar-refractivity contribution < 1.29 is 108 Å². The average Bonchev–Trinajstić information content (AvgIpc) is 1.82. The second-order valence-corrected chi connectivity index (χ2v) is 1.89.